The minimum absolute atomic E-state index is 0. The predicted octanol–water partition coefficient (Wildman–Crippen LogP) is 1.21. The smallest absolute Gasteiger partial charge is 0.251 e. The summed E-state index contributed by atoms with van der Waals surface area (Å²) in [6.07, 6.45) is 0. The monoisotopic (exact) mass is 311 g/mol. The first-order valence-corrected chi connectivity index (χ1v) is 6.77. The molecule has 21 heavy (non-hydrogen) atoms. The molecule has 2 amide bonds. The van der Waals surface area contributed by atoms with Gasteiger partial charge in [0.2, 0.25) is 5.91 Å². The van der Waals surface area contributed by atoms with Crippen LogP contribution in [0, 0.1) is 5.41 Å². The third-order valence-electron chi connectivity index (χ3n) is 3.63. The molecule has 1 aromatic carbocycles. The van der Waals surface area contributed by atoms with E-state index in [1.165, 1.54) is 11.1 Å². The van der Waals surface area contributed by atoms with Gasteiger partial charge >= 0.3 is 0 Å². The SMILES string of the molecule is CNC(=O)C(C)(C)CNC(=O)c1ccc2c(c1)CNC2.Cl. The zero-order chi connectivity index (χ0) is 14.8. The van der Waals surface area contributed by atoms with Gasteiger partial charge < -0.3 is 16.0 Å². The molecule has 0 atom stereocenters. The van der Waals surface area contributed by atoms with Crippen molar-refractivity contribution in [3.05, 3.63) is 34.9 Å². The van der Waals surface area contributed by atoms with E-state index in [4.69, 9.17) is 0 Å². The number of rotatable bonds is 4. The Bertz CT molecular complexity index is 544. The molecule has 0 saturated heterocycles. The number of carbonyl (C=O) groups is 2. The molecule has 2 rings (SSSR count). The van der Waals surface area contributed by atoms with Gasteiger partial charge in [-0.05, 0) is 37.1 Å². The molecule has 0 fully saturated rings. The standard InChI is InChI=1S/C15H21N3O2.ClH/c1-15(2,14(20)16-3)9-18-13(19)10-4-5-11-7-17-8-12(11)6-10;/h4-6,17H,7-9H2,1-3H3,(H,16,20)(H,18,19);1H. The van der Waals surface area contributed by atoms with Gasteiger partial charge in [0.05, 0.1) is 5.41 Å². The lowest BCUT2D eigenvalue weighted by Crippen LogP contribution is -2.43. The van der Waals surface area contributed by atoms with Crippen molar-refractivity contribution >= 4 is 24.2 Å². The first-order chi connectivity index (χ1) is 9.44. The highest BCUT2D eigenvalue weighted by molar-refractivity contribution is 5.95. The molecule has 0 radical (unpaired) electrons. The fourth-order valence-electron chi connectivity index (χ4n) is 2.26. The molecule has 5 nitrogen and oxygen atoms in total. The van der Waals surface area contributed by atoms with Crippen molar-refractivity contribution in [1.29, 1.82) is 0 Å². The highest BCUT2D eigenvalue weighted by Gasteiger charge is 2.27. The van der Waals surface area contributed by atoms with E-state index >= 15 is 0 Å². The molecule has 116 valence electrons. The van der Waals surface area contributed by atoms with E-state index < -0.39 is 5.41 Å². The van der Waals surface area contributed by atoms with E-state index in [0.717, 1.165) is 13.1 Å². The third kappa shape index (κ3) is 3.95. The molecule has 0 aromatic heterocycles. The van der Waals surface area contributed by atoms with E-state index in [0.29, 0.717) is 12.1 Å². The van der Waals surface area contributed by atoms with E-state index in [9.17, 15) is 9.59 Å². The number of fused-ring (bicyclic) bond motifs is 1. The summed E-state index contributed by atoms with van der Waals surface area (Å²) in [5.74, 6) is -0.229. The van der Waals surface area contributed by atoms with Gasteiger partial charge in [-0.2, -0.15) is 0 Å². The van der Waals surface area contributed by atoms with Gasteiger partial charge in [0.15, 0.2) is 0 Å². The second-order valence-electron chi connectivity index (χ2n) is 5.73. The molecule has 1 aliphatic heterocycles. The van der Waals surface area contributed by atoms with Crippen molar-refractivity contribution in [2.75, 3.05) is 13.6 Å². The largest absolute Gasteiger partial charge is 0.359 e. The van der Waals surface area contributed by atoms with Crippen LogP contribution in [-0.4, -0.2) is 25.4 Å². The number of amides is 2. The minimum Gasteiger partial charge on any atom is -0.359 e. The molecule has 0 spiro atoms. The van der Waals surface area contributed by atoms with Gasteiger partial charge in [0, 0.05) is 32.2 Å². The average Bonchev–Trinajstić information content (AvgIpc) is 2.91. The Morgan fingerprint density at radius 2 is 1.90 bits per heavy atom. The van der Waals surface area contributed by atoms with Gasteiger partial charge in [0.1, 0.15) is 0 Å². The first-order valence-electron chi connectivity index (χ1n) is 6.77. The van der Waals surface area contributed by atoms with Gasteiger partial charge in [-0.3, -0.25) is 9.59 Å². The number of carbonyl (C=O) groups excluding carboxylic acids is 2. The lowest BCUT2D eigenvalue weighted by Gasteiger charge is -2.22. The molecule has 0 bridgehead atoms. The summed E-state index contributed by atoms with van der Waals surface area (Å²) in [7, 11) is 1.60. The zero-order valence-corrected chi connectivity index (χ0v) is 13.4. The molecular weight excluding hydrogens is 290 g/mol. The van der Waals surface area contributed by atoms with Crippen molar-refractivity contribution in [2.24, 2.45) is 5.41 Å². The molecule has 1 aromatic rings. The maximum atomic E-state index is 12.1. The van der Waals surface area contributed by atoms with Crippen LogP contribution in [0.1, 0.15) is 35.3 Å². The normalized spacial score (nSPS) is 13.1. The topological polar surface area (TPSA) is 70.2 Å². The summed E-state index contributed by atoms with van der Waals surface area (Å²) in [6, 6.07) is 5.72. The summed E-state index contributed by atoms with van der Waals surface area (Å²) in [4.78, 5) is 23.8. The molecule has 0 aliphatic carbocycles. The second kappa shape index (κ2) is 6.91. The Morgan fingerprint density at radius 3 is 2.57 bits per heavy atom. The summed E-state index contributed by atoms with van der Waals surface area (Å²) >= 11 is 0. The molecule has 0 saturated carbocycles. The fraction of sp³-hybridized carbons (Fsp3) is 0.467. The van der Waals surface area contributed by atoms with E-state index in [2.05, 4.69) is 16.0 Å². The van der Waals surface area contributed by atoms with Crippen molar-refractivity contribution in [2.45, 2.75) is 26.9 Å². The molecule has 1 aliphatic rings. The third-order valence-corrected chi connectivity index (χ3v) is 3.63. The van der Waals surface area contributed by atoms with Gasteiger partial charge in [-0.1, -0.05) is 6.07 Å². The number of hydrogen-bond donors (Lipinski definition) is 3. The Kier molecular flexibility index (Phi) is 5.75. The highest BCUT2D eigenvalue weighted by atomic mass is 35.5. The Labute approximate surface area is 131 Å². The van der Waals surface area contributed by atoms with Crippen molar-refractivity contribution in [3.63, 3.8) is 0 Å². The second-order valence-corrected chi connectivity index (χ2v) is 5.73. The van der Waals surface area contributed by atoms with Crippen LogP contribution in [0.25, 0.3) is 0 Å². The molecule has 1 heterocycles. The van der Waals surface area contributed by atoms with Crippen LogP contribution in [0.5, 0.6) is 0 Å². The van der Waals surface area contributed by atoms with Gasteiger partial charge in [-0.25, -0.2) is 0 Å². The van der Waals surface area contributed by atoms with Crippen LogP contribution in [0.3, 0.4) is 0 Å². The summed E-state index contributed by atoms with van der Waals surface area (Å²) in [5, 5.41) is 8.68. The van der Waals surface area contributed by atoms with Crippen LogP contribution in [0.4, 0.5) is 0 Å². The first kappa shape index (κ1) is 17.5. The van der Waals surface area contributed by atoms with Crippen LogP contribution in [0.15, 0.2) is 18.2 Å². The number of halogens is 1. The molecular formula is C15H22ClN3O2. The van der Waals surface area contributed by atoms with E-state index in [1.54, 1.807) is 20.9 Å². The Hall–Kier alpha value is -1.59. The lowest BCUT2D eigenvalue weighted by molar-refractivity contribution is -0.128. The number of hydrogen-bond acceptors (Lipinski definition) is 3. The Balaban J connectivity index is 0.00000220. The maximum Gasteiger partial charge on any atom is 0.251 e. The lowest BCUT2D eigenvalue weighted by atomic mass is 9.92. The quantitative estimate of drug-likeness (QED) is 0.783. The summed E-state index contributed by atoms with van der Waals surface area (Å²) < 4.78 is 0. The van der Waals surface area contributed by atoms with Crippen LogP contribution >= 0.6 is 12.4 Å². The van der Waals surface area contributed by atoms with Crippen molar-refractivity contribution in [1.82, 2.24) is 16.0 Å². The van der Waals surface area contributed by atoms with Crippen LogP contribution in [0.2, 0.25) is 0 Å². The summed E-state index contributed by atoms with van der Waals surface area (Å²) in [6.45, 7) is 5.58. The predicted molar refractivity (Wildman–Crippen MR) is 84.4 cm³/mol. The number of nitrogens with one attached hydrogen (secondary N) is 3. The number of benzene rings is 1. The average molecular weight is 312 g/mol. The minimum atomic E-state index is -0.622. The maximum absolute atomic E-state index is 12.1. The van der Waals surface area contributed by atoms with Gasteiger partial charge in [0.25, 0.3) is 5.91 Å². The summed E-state index contributed by atoms with van der Waals surface area (Å²) in [5.41, 5.74) is 2.43. The Morgan fingerprint density at radius 1 is 1.24 bits per heavy atom. The van der Waals surface area contributed by atoms with Gasteiger partial charge in [-0.15, -0.1) is 12.4 Å². The van der Waals surface area contributed by atoms with Crippen LogP contribution < -0.4 is 16.0 Å². The van der Waals surface area contributed by atoms with E-state index in [-0.39, 0.29) is 24.2 Å². The molecule has 3 N–H and O–H groups in total. The van der Waals surface area contributed by atoms with Crippen molar-refractivity contribution in [3.8, 4) is 0 Å². The van der Waals surface area contributed by atoms with Crippen LogP contribution in [-0.2, 0) is 17.9 Å². The van der Waals surface area contributed by atoms with E-state index in [1.807, 2.05) is 18.2 Å². The fourth-order valence-corrected chi connectivity index (χ4v) is 2.26. The van der Waals surface area contributed by atoms with Crippen molar-refractivity contribution < 1.29 is 9.59 Å². The molecule has 6 heteroatoms. The molecule has 0 unspecified atom stereocenters. The zero-order valence-electron chi connectivity index (χ0n) is 12.6. The highest BCUT2D eigenvalue weighted by Crippen LogP contribution is 2.18.